The third-order valence-corrected chi connectivity index (χ3v) is 5.95. The first kappa shape index (κ1) is 19.1. The molecule has 0 spiro atoms. The maximum absolute atomic E-state index is 12.0. The number of nitrogens with one attached hydrogen (secondary N) is 1. The fourth-order valence-electron chi connectivity index (χ4n) is 2.38. The van der Waals surface area contributed by atoms with Crippen LogP contribution in [-0.4, -0.2) is 35.2 Å². The van der Waals surface area contributed by atoms with Crippen LogP contribution in [0, 0.1) is 10.1 Å². The number of thioether (sulfide) groups is 1. The molecule has 0 aliphatic carbocycles. The summed E-state index contributed by atoms with van der Waals surface area (Å²) in [6.45, 7) is 0.553. The van der Waals surface area contributed by atoms with Crippen LogP contribution in [0.25, 0.3) is 10.2 Å². The van der Waals surface area contributed by atoms with Gasteiger partial charge in [-0.2, -0.15) is 0 Å². The third-order valence-electron chi connectivity index (χ3n) is 3.78. The number of carbonyl (C=O) groups is 1. The van der Waals surface area contributed by atoms with E-state index in [1.807, 2.05) is 24.3 Å². The van der Waals surface area contributed by atoms with E-state index in [0.717, 1.165) is 26.8 Å². The number of nitro benzene ring substituents is 1. The van der Waals surface area contributed by atoms with Gasteiger partial charge in [-0.1, -0.05) is 23.9 Å². The van der Waals surface area contributed by atoms with Crippen molar-refractivity contribution in [2.75, 3.05) is 19.4 Å². The summed E-state index contributed by atoms with van der Waals surface area (Å²) in [6, 6.07) is 12.3. The van der Waals surface area contributed by atoms with E-state index in [0.29, 0.717) is 12.1 Å². The van der Waals surface area contributed by atoms with Crippen LogP contribution in [0.3, 0.4) is 0 Å². The number of carbonyl (C=O) groups excluding carboxylic acids is 1. The summed E-state index contributed by atoms with van der Waals surface area (Å²) in [4.78, 5) is 26.8. The summed E-state index contributed by atoms with van der Waals surface area (Å²) in [5.41, 5.74) is 1.86. The van der Waals surface area contributed by atoms with Crippen LogP contribution >= 0.6 is 23.1 Å². The normalized spacial score (nSPS) is 10.7. The molecule has 0 aliphatic heterocycles. The molecule has 0 saturated carbocycles. The molecule has 0 saturated heterocycles. The monoisotopic (exact) mass is 403 g/mol. The number of hydrogen-bond acceptors (Lipinski definition) is 7. The van der Waals surface area contributed by atoms with Crippen LogP contribution in [-0.2, 0) is 11.2 Å². The highest BCUT2D eigenvalue weighted by atomic mass is 32.2. The molecule has 1 heterocycles. The fourth-order valence-corrected chi connectivity index (χ4v) is 4.32. The first-order chi connectivity index (χ1) is 13.0. The van der Waals surface area contributed by atoms with Gasteiger partial charge >= 0.3 is 0 Å². The van der Waals surface area contributed by atoms with Crippen LogP contribution < -0.4 is 10.1 Å². The van der Waals surface area contributed by atoms with Gasteiger partial charge in [-0.25, -0.2) is 4.98 Å². The zero-order valence-corrected chi connectivity index (χ0v) is 16.1. The molecule has 27 heavy (non-hydrogen) atoms. The molecule has 0 radical (unpaired) electrons. The van der Waals surface area contributed by atoms with E-state index in [1.54, 1.807) is 13.2 Å². The molecule has 3 rings (SSSR count). The second-order valence-corrected chi connectivity index (χ2v) is 7.88. The van der Waals surface area contributed by atoms with Gasteiger partial charge in [-0.15, -0.1) is 11.3 Å². The van der Waals surface area contributed by atoms with Gasteiger partial charge in [-0.3, -0.25) is 14.9 Å². The lowest BCUT2D eigenvalue weighted by Crippen LogP contribution is -2.27. The molecule has 0 unspecified atom stereocenters. The number of hydrogen-bond donors (Lipinski definition) is 1. The Morgan fingerprint density at radius 2 is 2.07 bits per heavy atom. The Kier molecular flexibility index (Phi) is 6.25. The van der Waals surface area contributed by atoms with E-state index >= 15 is 0 Å². The minimum absolute atomic E-state index is 0.0407. The number of amides is 1. The van der Waals surface area contributed by atoms with Crippen molar-refractivity contribution in [2.24, 2.45) is 0 Å². The Labute approximate surface area is 163 Å². The average Bonchev–Trinajstić information content (AvgIpc) is 3.09. The molecule has 1 aromatic heterocycles. The molecule has 0 atom stereocenters. The summed E-state index contributed by atoms with van der Waals surface area (Å²) in [5, 5.41) is 13.7. The van der Waals surface area contributed by atoms with E-state index in [2.05, 4.69) is 10.3 Å². The van der Waals surface area contributed by atoms with Gasteiger partial charge in [0.25, 0.3) is 5.69 Å². The molecule has 1 amide bonds. The largest absolute Gasteiger partial charge is 0.497 e. The van der Waals surface area contributed by atoms with Crippen molar-refractivity contribution < 1.29 is 14.5 Å². The molecular formula is C18H17N3O4S2. The van der Waals surface area contributed by atoms with Gasteiger partial charge < -0.3 is 10.1 Å². The number of benzene rings is 2. The molecule has 0 aliphatic rings. The first-order valence-corrected chi connectivity index (χ1v) is 9.93. The lowest BCUT2D eigenvalue weighted by atomic mass is 10.1. The molecule has 0 fully saturated rings. The highest BCUT2D eigenvalue weighted by Crippen LogP contribution is 2.31. The van der Waals surface area contributed by atoms with Crippen molar-refractivity contribution in [3.05, 3.63) is 58.1 Å². The molecule has 0 bridgehead atoms. The number of nitrogens with zero attached hydrogens (tertiary/aromatic N) is 2. The standard InChI is InChI=1S/C18H17N3O4S2/c1-25-14-5-2-12(3-6-14)8-9-19-17(22)11-26-18-20-15-7-4-13(21(23)24)10-16(15)27-18/h2-7,10H,8-9,11H2,1H3,(H,19,22). The molecule has 7 nitrogen and oxygen atoms in total. The van der Waals surface area contributed by atoms with Gasteiger partial charge in [0.15, 0.2) is 4.34 Å². The number of nitro groups is 1. The van der Waals surface area contributed by atoms with Crippen molar-refractivity contribution in [3.63, 3.8) is 0 Å². The number of non-ortho nitro benzene ring substituents is 1. The van der Waals surface area contributed by atoms with E-state index in [1.165, 1.54) is 35.2 Å². The molecular weight excluding hydrogens is 386 g/mol. The van der Waals surface area contributed by atoms with E-state index in [-0.39, 0.29) is 17.3 Å². The Bertz CT molecular complexity index is 957. The molecule has 2 aromatic carbocycles. The van der Waals surface area contributed by atoms with E-state index in [9.17, 15) is 14.9 Å². The van der Waals surface area contributed by atoms with Crippen LogP contribution in [0.5, 0.6) is 5.75 Å². The van der Waals surface area contributed by atoms with Crippen LogP contribution in [0.1, 0.15) is 5.56 Å². The van der Waals surface area contributed by atoms with Gasteiger partial charge in [0.2, 0.25) is 5.91 Å². The lowest BCUT2D eigenvalue weighted by Gasteiger charge is -2.05. The van der Waals surface area contributed by atoms with Crippen molar-refractivity contribution in [1.29, 1.82) is 0 Å². The van der Waals surface area contributed by atoms with E-state index < -0.39 is 4.92 Å². The minimum atomic E-state index is -0.428. The lowest BCUT2D eigenvalue weighted by molar-refractivity contribution is -0.384. The second kappa shape index (κ2) is 8.83. The van der Waals surface area contributed by atoms with Gasteiger partial charge in [0.1, 0.15) is 5.75 Å². The number of thiazole rings is 1. The average molecular weight is 403 g/mol. The van der Waals surface area contributed by atoms with Crippen molar-refractivity contribution in [3.8, 4) is 5.75 Å². The molecule has 3 aromatic rings. The van der Waals surface area contributed by atoms with Crippen LogP contribution in [0.15, 0.2) is 46.8 Å². The zero-order valence-electron chi connectivity index (χ0n) is 14.5. The summed E-state index contributed by atoms with van der Waals surface area (Å²) in [7, 11) is 1.62. The second-order valence-electron chi connectivity index (χ2n) is 5.63. The quantitative estimate of drug-likeness (QED) is 0.350. The number of fused-ring (bicyclic) bond motifs is 1. The summed E-state index contributed by atoms with van der Waals surface area (Å²) >= 11 is 2.68. The molecule has 140 valence electrons. The highest BCUT2D eigenvalue weighted by Gasteiger charge is 2.11. The van der Waals surface area contributed by atoms with Gasteiger partial charge in [0, 0.05) is 18.7 Å². The Balaban J connectivity index is 1.47. The maximum Gasteiger partial charge on any atom is 0.270 e. The SMILES string of the molecule is COc1ccc(CCNC(=O)CSc2nc3ccc([N+](=O)[O-])cc3s2)cc1. The maximum atomic E-state index is 12.0. The summed E-state index contributed by atoms with van der Waals surface area (Å²) in [6.07, 6.45) is 0.741. The smallest absolute Gasteiger partial charge is 0.270 e. The van der Waals surface area contributed by atoms with Gasteiger partial charge in [-0.05, 0) is 30.2 Å². The summed E-state index contributed by atoms with van der Waals surface area (Å²) < 4.78 is 6.58. The summed E-state index contributed by atoms with van der Waals surface area (Å²) in [5.74, 6) is 0.990. The van der Waals surface area contributed by atoms with Crippen molar-refractivity contribution >= 4 is 44.9 Å². The Morgan fingerprint density at radius 3 is 2.78 bits per heavy atom. The van der Waals surface area contributed by atoms with Crippen molar-refractivity contribution in [1.82, 2.24) is 10.3 Å². The first-order valence-electron chi connectivity index (χ1n) is 8.12. The van der Waals surface area contributed by atoms with Crippen LogP contribution in [0.4, 0.5) is 5.69 Å². The minimum Gasteiger partial charge on any atom is -0.497 e. The molecule has 1 N–H and O–H groups in total. The Morgan fingerprint density at radius 1 is 1.30 bits per heavy atom. The zero-order chi connectivity index (χ0) is 19.2. The van der Waals surface area contributed by atoms with Crippen molar-refractivity contribution in [2.45, 2.75) is 10.8 Å². The number of methoxy groups -OCH3 is 1. The molecule has 9 heteroatoms. The number of ether oxygens (including phenoxy) is 1. The predicted octanol–water partition coefficient (Wildman–Crippen LogP) is 3.66. The predicted molar refractivity (Wildman–Crippen MR) is 107 cm³/mol. The van der Waals surface area contributed by atoms with E-state index in [4.69, 9.17) is 4.74 Å². The number of aromatic nitrogens is 1. The highest BCUT2D eigenvalue weighted by molar-refractivity contribution is 8.01. The van der Waals surface area contributed by atoms with Crippen LogP contribution in [0.2, 0.25) is 0 Å². The third kappa shape index (κ3) is 5.18. The topological polar surface area (TPSA) is 94.4 Å². The number of rotatable bonds is 8. The fraction of sp³-hybridized carbons (Fsp3) is 0.222. The van der Waals surface area contributed by atoms with Gasteiger partial charge in [0.05, 0.1) is 28.0 Å². The Hall–Kier alpha value is -2.65.